The van der Waals surface area contributed by atoms with Crippen molar-refractivity contribution in [3.63, 3.8) is 0 Å². The van der Waals surface area contributed by atoms with Crippen LogP contribution in [-0.4, -0.2) is 6.09 Å². The molecule has 0 saturated heterocycles. The van der Waals surface area contributed by atoms with Crippen LogP contribution in [0, 0.1) is 23.0 Å². The molecule has 2 aromatic carbocycles. The van der Waals surface area contributed by atoms with Crippen LogP contribution in [0.15, 0.2) is 42.5 Å². The second-order valence-corrected chi connectivity index (χ2v) is 4.08. The summed E-state index contributed by atoms with van der Waals surface area (Å²) >= 11 is 0. The number of hydrogen-bond acceptors (Lipinski definition) is 3. The number of rotatable bonds is 3. The van der Waals surface area contributed by atoms with Gasteiger partial charge in [-0.1, -0.05) is 30.3 Å². The van der Waals surface area contributed by atoms with Crippen LogP contribution in [0.1, 0.15) is 11.1 Å². The van der Waals surface area contributed by atoms with Gasteiger partial charge >= 0.3 is 6.09 Å². The standard InChI is InChI=1S/C15H10F2N2O2/c16-12-7-6-11(8-18)14(13(12)17)19-15(20)21-9-10-4-2-1-3-5-10/h1-7H,9H2,(H,19,20). The number of ether oxygens (including phenoxy) is 1. The highest BCUT2D eigenvalue weighted by Gasteiger charge is 2.16. The number of nitrogens with zero attached hydrogens (tertiary/aromatic N) is 1. The molecule has 1 amide bonds. The zero-order chi connectivity index (χ0) is 15.2. The van der Waals surface area contributed by atoms with Gasteiger partial charge in [0, 0.05) is 0 Å². The number of benzene rings is 2. The lowest BCUT2D eigenvalue weighted by molar-refractivity contribution is 0.155. The number of carbonyl (C=O) groups excluding carboxylic acids is 1. The Labute approximate surface area is 119 Å². The largest absolute Gasteiger partial charge is 0.444 e. The third-order valence-electron chi connectivity index (χ3n) is 2.66. The number of nitriles is 1. The van der Waals surface area contributed by atoms with E-state index in [9.17, 15) is 13.6 Å². The number of halogens is 2. The van der Waals surface area contributed by atoms with E-state index in [1.807, 2.05) is 11.4 Å². The van der Waals surface area contributed by atoms with Gasteiger partial charge in [0.2, 0.25) is 0 Å². The van der Waals surface area contributed by atoms with E-state index in [0.717, 1.165) is 17.7 Å². The van der Waals surface area contributed by atoms with Crippen molar-refractivity contribution in [1.29, 1.82) is 5.26 Å². The van der Waals surface area contributed by atoms with Crippen molar-refractivity contribution in [2.24, 2.45) is 0 Å². The van der Waals surface area contributed by atoms with Crippen LogP contribution in [0.2, 0.25) is 0 Å². The summed E-state index contributed by atoms with van der Waals surface area (Å²) in [5.74, 6) is -2.46. The molecule has 0 spiro atoms. The lowest BCUT2D eigenvalue weighted by Gasteiger charge is -2.09. The predicted molar refractivity (Wildman–Crippen MR) is 71.3 cm³/mol. The number of amides is 1. The molecule has 0 aliphatic heterocycles. The Balaban J connectivity index is 2.07. The Morgan fingerprint density at radius 2 is 1.90 bits per heavy atom. The summed E-state index contributed by atoms with van der Waals surface area (Å²) in [6, 6.07) is 12.4. The number of nitrogens with one attached hydrogen (secondary N) is 1. The predicted octanol–water partition coefficient (Wildman–Crippen LogP) is 3.59. The summed E-state index contributed by atoms with van der Waals surface area (Å²) in [4.78, 5) is 11.6. The molecule has 0 aliphatic rings. The minimum absolute atomic E-state index is 0.0223. The van der Waals surface area contributed by atoms with E-state index in [2.05, 4.69) is 0 Å². The summed E-state index contributed by atoms with van der Waals surface area (Å²) in [5.41, 5.74) is 0.0222. The Bertz CT molecular complexity index is 697. The van der Waals surface area contributed by atoms with Crippen molar-refractivity contribution in [1.82, 2.24) is 0 Å². The molecule has 2 rings (SSSR count). The van der Waals surface area contributed by atoms with Crippen LogP contribution in [-0.2, 0) is 11.3 Å². The van der Waals surface area contributed by atoms with E-state index in [-0.39, 0.29) is 12.2 Å². The first kappa shape index (κ1) is 14.5. The van der Waals surface area contributed by atoms with Crippen LogP contribution in [0.4, 0.5) is 19.3 Å². The van der Waals surface area contributed by atoms with Gasteiger partial charge in [-0.3, -0.25) is 5.32 Å². The van der Waals surface area contributed by atoms with Gasteiger partial charge in [0.25, 0.3) is 0 Å². The molecule has 0 aromatic heterocycles. The third kappa shape index (κ3) is 3.54. The molecule has 6 heteroatoms. The second-order valence-electron chi connectivity index (χ2n) is 4.08. The van der Waals surface area contributed by atoms with Gasteiger partial charge in [-0.25, -0.2) is 13.6 Å². The van der Waals surface area contributed by atoms with Crippen LogP contribution in [0.25, 0.3) is 0 Å². The number of anilines is 1. The molecule has 0 radical (unpaired) electrons. The van der Waals surface area contributed by atoms with Crippen LogP contribution in [0.3, 0.4) is 0 Å². The molecule has 0 aliphatic carbocycles. The minimum Gasteiger partial charge on any atom is -0.444 e. The summed E-state index contributed by atoms with van der Waals surface area (Å²) in [6.07, 6.45) is -0.972. The van der Waals surface area contributed by atoms with Gasteiger partial charge in [-0.05, 0) is 17.7 Å². The first-order valence-corrected chi connectivity index (χ1v) is 5.97. The maximum Gasteiger partial charge on any atom is 0.412 e. The van der Waals surface area contributed by atoms with Crippen molar-refractivity contribution in [3.05, 3.63) is 65.2 Å². The second kappa shape index (κ2) is 6.48. The molecule has 0 saturated carbocycles. The fourth-order valence-electron chi connectivity index (χ4n) is 1.63. The highest BCUT2D eigenvalue weighted by molar-refractivity contribution is 5.86. The molecule has 21 heavy (non-hydrogen) atoms. The van der Waals surface area contributed by atoms with Crippen molar-refractivity contribution in [3.8, 4) is 6.07 Å². The van der Waals surface area contributed by atoms with E-state index in [1.54, 1.807) is 30.3 Å². The molecular formula is C15H10F2N2O2. The SMILES string of the molecule is N#Cc1ccc(F)c(F)c1NC(=O)OCc1ccccc1. The monoisotopic (exact) mass is 288 g/mol. The van der Waals surface area contributed by atoms with E-state index in [4.69, 9.17) is 10.00 Å². The highest BCUT2D eigenvalue weighted by Crippen LogP contribution is 2.22. The molecular weight excluding hydrogens is 278 g/mol. The molecule has 0 unspecified atom stereocenters. The summed E-state index contributed by atoms with van der Waals surface area (Å²) in [7, 11) is 0. The minimum atomic E-state index is -1.30. The van der Waals surface area contributed by atoms with E-state index in [0.29, 0.717) is 0 Å². The average Bonchev–Trinajstić information content (AvgIpc) is 2.51. The van der Waals surface area contributed by atoms with E-state index >= 15 is 0 Å². The summed E-state index contributed by atoms with van der Waals surface area (Å²) in [5, 5.41) is 10.9. The molecule has 0 fully saturated rings. The first-order chi connectivity index (χ1) is 10.1. The average molecular weight is 288 g/mol. The summed E-state index contributed by atoms with van der Waals surface area (Å²) in [6.45, 7) is -0.0223. The van der Waals surface area contributed by atoms with Gasteiger partial charge in [0.05, 0.1) is 5.56 Å². The topological polar surface area (TPSA) is 62.1 Å². The van der Waals surface area contributed by atoms with Crippen LogP contribution >= 0.6 is 0 Å². The smallest absolute Gasteiger partial charge is 0.412 e. The van der Waals surface area contributed by atoms with Gasteiger partial charge in [0.15, 0.2) is 11.6 Å². The van der Waals surface area contributed by atoms with E-state index in [1.165, 1.54) is 0 Å². The number of hydrogen-bond donors (Lipinski definition) is 1. The quantitative estimate of drug-likeness (QED) is 0.938. The maximum absolute atomic E-state index is 13.6. The fourth-order valence-corrected chi connectivity index (χ4v) is 1.63. The van der Waals surface area contributed by atoms with Gasteiger partial charge in [0.1, 0.15) is 18.4 Å². The molecule has 0 heterocycles. The molecule has 0 bridgehead atoms. The van der Waals surface area contributed by atoms with Crippen LogP contribution in [0.5, 0.6) is 0 Å². The normalized spacial score (nSPS) is 9.76. The lowest BCUT2D eigenvalue weighted by atomic mass is 10.2. The molecule has 1 N–H and O–H groups in total. The fraction of sp³-hybridized carbons (Fsp3) is 0.0667. The molecule has 2 aromatic rings. The molecule has 106 valence electrons. The highest BCUT2D eigenvalue weighted by atomic mass is 19.2. The number of carbonyl (C=O) groups is 1. The zero-order valence-corrected chi connectivity index (χ0v) is 10.8. The summed E-state index contributed by atoms with van der Waals surface area (Å²) < 4.78 is 31.6. The Hall–Kier alpha value is -2.94. The molecule has 4 nitrogen and oxygen atoms in total. The Kier molecular flexibility index (Phi) is 4.46. The maximum atomic E-state index is 13.6. The Morgan fingerprint density at radius 1 is 1.19 bits per heavy atom. The van der Waals surface area contributed by atoms with Crippen molar-refractivity contribution >= 4 is 11.8 Å². The third-order valence-corrected chi connectivity index (χ3v) is 2.66. The Morgan fingerprint density at radius 3 is 2.57 bits per heavy atom. The molecule has 0 atom stereocenters. The van der Waals surface area contributed by atoms with Gasteiger partial charge < -0.3 is 4.74 Å². The van der Waals surface area contributed by atoms with Crippen LogP contribution < -0.4 is 5.32 Å². The van der Waals surface area contributed by atoms with Crippen molar-refractivity contribution in [2.45, 2.75) is 6.61 Å². The zero-order valence-electron chi connectivity index (χ0n) is 10.8. The first-order valence-electron chi connectivity index (χ1n) is 5.97. The van der Waals surface area contributed by atoms with Gasteiger partial charge in [-0.2, -0.15) is 5.26 Å². The van der Waals surface area contributed by atoms with Crippen molar-refractivity contribution in [2.75, 3.05) is 5.32 Å². The van der Waals surface area contributed by atoms with E-state index < -0.39 is 23.4 Å². The lowest BCUT2D eigenvalue weighted by Crippen LogP contribution is -2.16. The van der Waals surface area contributed by atoms with Crippen molar-refractivity contribution < 1.29 is 18.3 Å². The van der Waals surface area contributed by atoms with Gasteiger partial charge in [-0.15, -0.1) is 0 Å².